The Bertz CT molecular complexity index is 719. The molecule has 2 aromatic rings. The van der Waals surface area contributed by atoms with Crippen molar-refractivity contribution in [3.8, 4) is 5.75 Å². The first-order chi connectivity index (χ1) is 10.7. The fraction of sp³-hybridized carbons (Fsp3) is 0.312. The van der Waals surface area contributed by atoms with Gasteiger partial charge in [-0.05, 0) is 32.0 Å². The largest absolute Gasteiger partial charge is 0.482 e. The van der Waals surface area contributed by atoms with E-state index in [1.54, 1.807) is 6.07 Å². The first kappa shape index (κ1) is 17.1. The van der Waals surface area contributed by atoms with Crippen LogP contribution in [0.3, 0.4) is 0 Å². The Morgan fingerprint density at radius 3 is 2.48 bits per heavy atom. The van der Waals surface area contributed by atoms with Crippen molar-refractivity contribution in [2.24, 2.45) is 0 Å². The molecule has 0 unspecified atom stereocenters. The van der Waals surface area contributed by atoms with E-state index in [-0.39, 0.29) is 17.0 Å². The highest BCUT2D eigenvalue weighted by Crippen LogP contribution is 2.24. The first-order valence-corrected chi connectivity index (χ1v) is 6.83. The summed E-state index contributed by atoms with van der Waals surface area (Å²) < 4.78 is 57.2. The van der Waals surface area contributed by atoms with Crippen LogP contribution in [0.1, 0.15) is 21.7 Å². The van der Waals surface area contributed by atoms with Crippen molar-refractivity contribution in [2.45, 2.75) is 26.6 Å². The highest BCUT2D eigenvalue weighted by Gasteiger charge is 2.30. The molecule has 1 aromatic heterocycles. The van der Waals surface area contributed by atoms with Gasteiger partial charge in [0.15, 0.2) is 18.2 Å². The first-order valence-electron chi connectivity index (χ1n) is 6.83. The van der Waals surface area contributed by atoms with Gasteiger partial charge in [-0.1, -0.05) is 12.1 Å². The van der Waals surface area contributed by atoms with Crippen LogP contribution in [-0.2, 0) is 6.54 Å². The van der Waals surface area contributed by atoms with Crippen LogP contribution < -0.4 is 4.74 Å². The second kappa shape index (κ2) is 6.44. The number of rotatable bonds is 5. The van der Waals surface area contributed by atoms with Gasteiger partial charge in [0.2, 0.25) is 5.78 Å². The quantitative estimate of drug-likeness (QED) is 0.612. The molecule has 0 fully saturated rings. The second-order valence-electron chi connectivity index (χ2n) is 5.13. The van der Waals surface area contributed by atoms with E-state index in [1.807, 2.05) is 0 Å². The molecule has 124 valence electrons. The smallest absolute Gasteiger partial charge is 0.406 e. The van der Waals surface area contributed by atoms with Gasteiger partial charge in [-0.3, -0.25) is 4.79 Å². The minimum atomic E-state index is -4.38. The lowest BCUT2D eigenvalue weighted by Crippen LogP contribution is -2.20. The third-order valence-corrected chi connectivity index (χ3v) is 3.41. The van der Waals surface area contributed by atoms with Crippen LogP contribution in [0.15, 0.2) is 30.3 Å². The maximum absolute atomic E-state index is 13.4. The molecular weight excluding hydrogens is 314 g/mol. The number of para-hydroxylation sites is 1. The average Bonchev–Trinajstić information content (AvgIpc) is 2.73. The molecule has 0 aliphatic heterocycles. The average molecular weight is 329 g/mol. The number of alkyl halides is 3. The molecule has 1 heterocycles. The molecule has 0 radical (unpaired) electrons. The van der Waals surface area contributed by atoms with Gasteiger partial charge in [-0.25, -0.2) is 4.39 Å². The van der Waals surface area contributed by atoms with Gasteiger partial charge in [-0.2, -0.15) is 13.2 Å². The van der Waals surface area contributed by atoms with Gasteiger partial charge in [-0.15, -0.1) is 0 Å². The molecule has 0 saturated carbocycles. The SMILES string of the molecule is Cc1cc(C(=O)COc2ccccc2F)c(C)n1CC(F)(F)F. The predicted molar refractivity (Wildman–Crippen MR) is 76.2 cm³/mol. The maximum Gasteiger partial charge on any atom is 0.406 e. The van der Waals surface area contributed by atoms with Crippen LogP contribution in [0.5, 0.6) is 5.75 Å². The topological polar surface area (TPSA) is 31.2 Å². The Morgan fingerprint density at radius 1 is 1.22 bits per heavy atom. The molecule has 7 heteroatoms. The number of carbonyl (C=O) groups is 1. The summed E-state index contributed by atoms with van der Waals surface area (Å²) in [7, 11) is 0. The highest BCUT2D eigenvalue weighted by molar-refractivity contribution is 5.98. The molecule has 0 spiro atoms. The van der Waals surface area contributed by atoms with Crippen molar-refractivity contribution in [3.05, 3.63) is 53.1 Å². The van der Waals surface area contributed by atoms with Gasteiger partial charge < -0.3 is 9.30 Å². The number of hydrogen-bond donors (Lipinski definition) is 0. The van der Waals surface area contributed by atoms with Gasteiger partial charge in [0.1, 0.15) is 6.54 Å². The van der Waals surface area contributed by atoms with E-state index < -0.39 is 30.9 Å². The molecule has 2 rings (SSSR count). The van der Waals surface area contributed by atoms with Crippen LogP contribution >= 0.6 is 0 Å². The fourth-order valence-corrected chi connectivity index (χ4v) is 2.29. The third kappa shape index (κ3) is 4.12. The van der Waals surface area contributed by atoms with Crippen LogP contribution in [0.2, 0.25) is 0 Å². The minimum absolute atomic E-state index is 0.0788. The van der Waals surface area contributed by atoms with Gasteiger partial charge >= 0.3 is 6.18 Å². The number of aryl methyl sites for hydroxylation is 1. The Balaban J connectivity index is 2.14. The monoisotopic (exact) mass is 329 g/mol. The van der Waals surface area contributed by atoms with E-state index >= 15 is 0 Å². The highest BCUT2D eigenvalue weighted by atomic mass is 19.4. The van der Waals surface area contributed by atoms with Crippen LogP contribution in [0.25, 0.3) is 0 Å². The van der Waals surface area contributed by atoms with E-state index in [4.69, 9.17) is 4.74 Å². The Labute approximate surface area is 130 Å². The Hall–Kier alpha value is -2.31. The van der Waals surface area contributed by atoms with Crippen LogP contribution in [0.4, 0.5) is 17.6 Å². The fourth-order valence-electron chi connectivity index (χ4n) is 2.29. The van der Waals surface area contributed by atoms with Gasteiger partial charge in [0, 0.05) is 17.0 Å². The number of Topliss-reactive ketones (excluding diaryl/α,β-unsaturated/α-hetero) is 1. The number of aromatic nitrogens is 1. The normalized spacial score (nSPS) is 11.6. The van der Waals surface area contributed by atoms with E-state index in [1.165, 1.54) is 38.1 Å². The molecule has 0 bridgehead atoms. The molecule has 0 amide bonds. The summed E-state index contributed by atoms with van der Waals surface area (Å²) in [6, 6.07) is 6.98. The predicted octanol–water partition coefficient (Wildman–Crippen LogP) is 4.07. The molecule has 0 saturated heterocycles. The zero-order chi connectivity index (χ0) is 17.2. The van der Waals surface area contributed by atoms with Gasteiger partial charge in [0.25, 0.3) is 0 Å². The zero-order valence-electron chi connectivity index (χ0n) is 12.6. The lowest BCUT2D eigenvalue weighted by atomic mass is 10.1. The van der Waals surface area contributed by atoms with Gasteiger partial charge in [0.05, 0.1) is 0 Å². The van der Waals surface area contributed by atoms with E-state index in [9.17, 15) is 22.4 Å². The summed E-state index contributed by atoms with van der Waals surface area (Å²) in [4.78, 5) is 12.1. The van der Waals surface area contributed by atoms with E-state index in [0.29, 0.717) is 5.69 Å². The summed E-state index contributed by atoms with van der Waals surface area (Å²) in [5.41, 5.74) is 0.680. The molecule has 3 nitrogen and oxygen atoms in total. The number of ether oxygens (including phenoxy) is 1. The zero-order valence-corrected chi connectivity index (χ0v) is 12.6. The van der Waals surface area contributed by atoms with Crippen molar-refractivity contribution in [3.63, 3.8) is 0 Å². The summed E-state index contributed by atoms with van der Waals surface area (Å²) in [5, 5.41) is 0. The molecule has 0 aliphatic rings. The Kier molecular flexibility index (Phi) is 4.77. The van der Waals surface area contributed by atoms with Crippen molar-refractivity contribution >= 4 is 5.78 Å². The lowest BCUT2D eigenvalue weighted by Gasteiger charge is -2.12. The summed E-state index contributed by atoms with van der Waals surface area (Å²) >= 11 is 0. The number of benzene rings is 1. The van der Waals surface area contributed by atoms with Crippen molar-refractivity contribution < 1.29 is 27.1 Å². The maximum atomic E-state index is 13.4. The minimum Gasteiger partial charge on any atom is -0.482 e. The van der Waals surface area contributed by atoms with E-state index in [2.05, 4.69) is 0 Å². The van der Waals surface area contributed by atoms with Crippen LogP contribution in [0, 0.1) is 19.7 Å². The number of ketones is 1. The molecular formula is C16H15F4NO2. The molecule has 23 heavy (non-hydrogen) atoms. The number of hydrogen-bond acceptors (Lipinski definition) is 2. The standard InChI is InChI=1S/C16H15F4NO2/c1-10-7-12(11(2)21(10)9-16(18,19)20)14(22)8-23-15-6-4-3-5-13(15)17/h3-7H,8-9H2,1-2H3. The molecule has 0 N–H and O–H groups in total. The Morgan fingerprint density at radius 2 is 1.87 bits per heavy atom. The van der Waals surface area contributed by atoms with Crippen molar-refractivity contribution in [2.75, 3.05) is 6.61 Å². The number of nitrogens with zero attached hydrogens (tertiary/aromatic N) is 1. The van der Waals surface area contributed by atoms with Crippen LogP contribution in [-0.4, -0.2) is 23.1 Å². The van der Waals surface area contributed by atoms with Crippen molar-refractivity contribution in [1.82, 2.24) is 4.57 Å². The number of halogens is 4. The molecule has 0 aliphatic carbocycles. The number of carbonyl (C=O) groups excluding carboxylic acids is 1. The van der Waals surface area contributed by atoms with E-state index in [0.717, 1.165) is 4.57 Å². The second-order valence-corrected chi connectivity index (χ2v) is 5.13. The van der Waals surface area contributed by atoms with Crippen molar-refractivity contribution in [1.29, 1.82) is 0 Å². The summed E-state index contributed by atoms with van der Waals surface area (Å²) in [6.07, 6.45) is -4.38. The third-order valence-electron chi connectivity index (χ3n) is 3.41. The molecule has 0 atom stereocenters. The summed E-state index contributed by atoms with van der Waals surface area (Å²) in [5.74, 6) is -1.19. The molecule has 1 aromatic carbocycles. The lowest BCUT2D eigenvalue weighted by molar-refractivity contribution is -0.141. The summed E-state index contributed by atoms with van der Waals surface area (Å²) in [6.45, 7) is 1.33.